The smallest absolute Gasteiger partial charge is 0.330 e. The van der Waals surface area contributed by atoms with Gasteiger partial charge in [0.05, 0.1) is 6.61 Å². The molecule has 4 atom stereocenters. The molecule has 1 fully saturated rings. The van der Waals surface area contributed by atoms with E-state index in [4.69, 9.17) is 9.84 Å². The Hall–Kier alpha value is -1.81. The molecule has 4 N–H and O–H groups in total. The van der Waals surface area contributed by atoms with Gasteiger partial charge in [-0.15, -0.1) is 0 Å². The lowest BCUT2D eigenvalue weighted by Gasteiger charge is -2.17. The van der Waals surface area contributed by atoms with Crippen LogP contribution in [-0.2, 0) is 9.53 Å². The van der Waals surface area contributed by atoms with Crippen LogP contribution in [0.3, 0.4) is 0 Å². The fourth-order valence-corrected chi connectivity index (χ4v) is 1.88. The second-order valence-corrected chi connectivity index (χ2v) is 5.12. The summed E-state index contributed by atoms with van der Waals surface area (Å²) in [5.41, 5.74) is -1.00. The van der Waals surface area contributed by atoms with E-state index in [1.807, 2.05) is 0 Å². The highest BCUT2D eigenvalue weighted by atomic mass is 16.6. The molecule has 0 amide bonds. The highest BCUT2D eigenvalue weighted by Crippen LogP contribution is 2.27. The fraction of sp³-hybridized carbons (Fsp3) is 0.615. The van der Waals surface area contributed by atoms with Crippen LogP contribution < -0.4 is 11.2 Å². The number of aromatic nitrogens is 2. The Balaban J connectivity index is 0.000000541. The zero-order valence-corrected chi connectivity index (χ0v) is 12.5. The SMILES string of the molecule is CC(C)=O.Cc1cn([C@@H]2O[C@H](CO)[C@@H](O)[C@H]2O)c(=O)[nH]c1=O. The fourth-order valence-electron chi connectivity index (χ4n) is 1.88. The molecule has 1 aromatic rings. The predicted octanol–water partition coefficient (Wildman–Crippen LogP) is -1.95. The normalized spacial score (nSPS) is 27.2. The minimum Gasteiger partial charge on any atom is -0.394 e. The zero-order valence-electron chi connectivity index (χ0n) is 12.5. The molecule has 0 radical (unpaired) electrons. The largest absolute Gasteiger partial charge is 0.394 e. The van der Waals surface area contributed by atoms with Crippen molar-refractivity contribution in [1.29, 1.82) is 0 Å². The van der Waals surface area contributed by atoms with Gasteiger partial charge in [-0.2, -0.15) is 0 Å². The van der Waals surface area contributed by atoms with Crippen molar-refractivity contribution in [2.45, 2.75) is 45.3 Å². The van der Waals surface area contributed by atoms with E-state index in [9.17, 15) is 24.6 Å². The van der Waals surface area contributed by atoms with Crippen LogP contribution in [0.5, 0.6) is 0 Å². The number of Topliss-reactive ketones (excluding diaryl/α,β-unsaturated/α-hetero) is 1. The number of aromatic amines is 1. The number of aliphatic hydroxyl groups is 3. The van der Waals surface area contributed by atoms with Crippen LogP contribution in [0.2, 0.25) is 0 Å². The Kier molecular flexibility index (Phi) is 6.18. The van der Waals surface area contributed by atoms with Gasteiger partial charge in [0.2, 0.25) is 0 Å². The number of aryl methyl sites for hydroxylation is 1. The highest BCUT2D eigenvalue weighted by Gasteiger charge is 2.43. The Morgan fingerprint density at radius 3 is 2.32 bits per heavy atom. The number of aliphatic hydroxyl groups excluding tert-OH is 3. The van der Waals surface area contributed by atoms with Crippen molar-refractivity contribution in [2.75, 3.05) is 6.61 Å². The lowest BCUT2D eigenvalue weighted by molar-refractivity contribution is -0.114. The molecule has 22 heavy (non-hydrogen) atoms. The topological polar surface area (TPSA) is 142 Å². The first-order valence-corrected chi connectivity index (χ1v) is 6.60. The lowest BCUT2D eigenvalue weighted by Crippen LogP contribution is -2.38. The first-order valence-electron chi connectivity index (χ1n) is 6.60. The third-order valence-electron chi connectivity index (χ3n) is 2.94. The van der Waals surface area contributed by atoms with E-state index in [0.29, 0.717) is 0 Å². The molecule has 2 heterocycles. The number of carbonyl (C=O) groups excluding carboxylic acids is 1. The zero-order chi connectivity index (χ0) is 17.0. The summed E-state index contributed by atoms with van der Waals surface area (Å²) in [6.45, 7) is 4.07. The van der Waals surface area contributed by atoms with Crippen LogP contribution in [-0.4, -0.2) is 55.6 Å². The van der Waals surface area contributed by atoms with E-state index in [1.54, 1.807) is 0 Å². The van der Waals surface area contributed by atoms with Crippen LogP contribution in [0, 0.1) is 6.92 Å². The summed E-state index contributed by atoms with van der Waals surface area (Å²) >= 11 is 0. The molecule has 0 bridgehead atoms. The van der Waals surface area contributed by atoms with Gasteiger partial charge in [0.15, 0.2) is 6.23 Å². The number of nitrogens with one attached hydrogen (secondary N) is 1. The molecule has 1 aliphatic heterocycles. The van der Waals surface area contributed by atoms with Crippen molar-refractivity contribution >= 4 is 5.78 Å². The highest BCUT2D eigenvalue weighted by molar-refractivity contribution is 5.72. The van der Waals surface area contributed by atoms with Gasteiger partial charge < -0.3 is 24.9 Å². The molecule has 1 aliphatic rings. The van der Waals surface area contributed by atoms with E-state index in [1.165, 1.54) is 27.0 Å². The Bertz CT molecular complexity index is 632. The van der Waals surface area contributed by atoms with Crippen LogP contribution in [0.1, 0.15) is 25.6 Å². The quantitative estimate of drug-likeness (QED) is 0.497. The van der Waals surface area contributed by atoms with E-state index >= 15 is 0 Å². The number of carbonyl (C=O) groups is 1. The summed E-state index contributed by atoms with van der Waals surface area (Å²) in [6, 6.07) is 0. The van der Waals surface area contributed by atoms with Gasteiger partial charge in [-0.3, -0.25) is 14.3 Å². The number of ether oxygens (including phenoxy) is 1. The number of hydrogen-bond acceptors (Lipinski definition) is 7. The summed E-state index contributed by atoms with van der Waals surface area (Å²) < 4.78 is 6.17. The van der Waals surface area contributed by atoms with Crippen molar-refractivity contribution in [2.24, 2.45) is 0 Å². The maximum atomic E-state index is 11.6. The first-order chi connectivity index (χ1) is 10.2. The molecule has 1 aromatic heterocycles. The average molecular weight is 316 g/mol. The Morgan fingerprint density at radius 1 is 1.32 bits per heavy atom. The van der Waals surface area contributed by atoms with E-state index in [-0.39, 0.29) is 11.3 Å². The summed E-state index contributed by atoms with van der Waals surface area (Å²) in [5, 5.41) is 28.3. The second-order valence-electron chi connectivity index (χ2n) is 5.12. The van der Waals surface area contributed by atoms with Crippen LogP contribution >= 0.6 is 0 Å². The van der Waals surface area contributed by atoms with Crippen molar-refractivity contribution in [3.05, 3.63) is 32.6 Å². The maximum absolute atomic E-state index is 11.6. The third kappa shape index (κ3) is 4.10. The van der Waals surface area contributed by atoms with Gasteiger partial charge in [-0.25, -0.2) is 4.79 Å². The molecule has 0 unspecified atom stereocenters. The van der Waals surface area contributed by atoms with Crippen LogP contribution in [0.15, 0.2) is 15.8 Å². The molecule has 124 valence electrons. The van der Waals surface area contributed by atoms with E-state index < -0.39 is 42.4 Å². The molecule has 2 rings (SSSR count). The lowest BCUT2D eigenvalue weighted by atomic mass is 10.1. The van der Waals surface area contributed by atoms with Crippen molar-refractivity contribution in [1.82, 2.24) is 9.55 Å². The summed E-state index contributed by atoms with van der Waals surface area (Å²) in [4.78, 5) is 34.3. The minimum atomic E-state index is -1.36. The van der Waals surface area contributed by atoms with Gasteiger partial charge in [0.1, 0.15) is 24.1 Å². The summed E-state index contributed by atoms with van der Waals surface area (Å²) in [5.74, 6) is 0.167. The van der Waals surface area contributed by atoms with Crippen molar-refractivity contribution < 1.29 is 24.9 Å². The Morgan fingerprint density at radius 2 is 1.86 bits per heavy atom. The van der Waals surface area contributed by atoms with E-state index in [2.05, 4.69) is 4.98 Å². The van der Waals surface area contributed by atoms with Crippen LogP contribution in [0.25, 0.3) is 0 Å². The maximum Gasteiger partial charge on any atom is 0.330 e. The molecule has 0 saturated carbocycles. The van der Waals surface area contributed by atoms with Gasteiger partial charge in [-0.1, -0.05) is 0 Å². The number of nitrogens with zero attached hydrogens (tertiary/aromatic N) is 1. The first kappa shape index (κ1) is 18.2. The monoisotopic (exact) mass is 316 g/mol. The van der Waals surface area contributed by atoms with E-state index in [0.717, 1.165) is 4.57 Å². The number of ketones is 1. The van der Waals surface area contributed by atoms with Gasteiger partial charge in [0, 0.05) is 11.8 Å². The van der Waals surface area contributed by atoms with Gasteiger partial charge in [-0.05, 0) is 20.8 Å². The third-order valence-corrected chi connectivity index (χ3v) is 2.94. The second kappa shape index (κ2) is 7.45. The molecule has 9 heteroatoms. The van der Waals surface area contributed by atoms with Crippen molar-refractivity contribution in [3.63, 3.8) is 0 Å². The molecule has 9 nitrogen and oxygen atoms in total. The average Bonchev–Trinajstić information content (AvgIpc) is 2.70. The Labute approximate surface area is 125 Å². The molecule has 0 spiro atoms. The van der Waals surface area contributed by atoms with Crippen molar-refractivity contribution in [3.8, 4) is 0 Å². The van der Waals surface area contributed by atoms with Gasteiger partial charge >= 0.3 is 5.69 Å². The molecule has 0 aliphatic carbocycles. The molecule has 1 saturated heterocycles. The molecular formula is C13H20N2O7. The molecule has 0 aromatic carbocycles. The minimum absolute atomic E-state index is 0.167. The van der Waals surface area contributed by atoms with Crippen LogP contribution in [0.4, 0.5) is 0 Å². The number of rotatable bonds is 2. The summed E-state index contributed by atoms with van der Waals surface area (Å²) in [7, 11) is 0. The molecular weight excluding hydrogens is 296 g/mol. The summed E-state index contributed by atoms with van der Waals surface area (Å²) in [6.07, 6.45) is -3.52. The predicted molar refractivity (Wildman–Crippen MR) is 75.4 cm³/mol. The number of hydrogen-bond donors (Lipinski definition) is 4. The standard InChI is InChI=1S/C10H14N2O6.C3H6O/c1-4-2-12(10(17)11-8(4)16)9-7(15)6(14)5(3-13)18-9;1-3(2)4/h2,5-7,9,13-15H,3H2,1H3,(H,11,16,17);1-2H3/t5-,6-,7-,9-;/m1./s1. The van der Waals surface area contributed by atoms with Gasteiger partial charge in [0.25, 0.3) is 5.56 Å². The number of H-pyrrole nitrogens is 1.